The van der Waals surface area contributed by atoms with Crippen LogP contribution in [0.3, 0.4) is 0 Å². The van der Waals surface area contributed by atoms with E-state index < -0.39 is 16.5 Å². The first-order valence-electron chi connectivity index (χ1n) is 21.8. The topological polar surface area (TPSA) is 80.3 Å². The second-order valence-electron chi connectivity index (χ2n) is 18.2. The highest BCUT2D eigenvalue weighted by Crippen LogP contribution is 2.50. The zero-order valence-corrected chi connectivity index (χ0v) is 41.5. The first kappa shape index (κ1) is 45.5. The second-order valence-corrected chi connectivity index (χ2v) is 20.2. The second kappa shape index (κ2) is 17.9. The first-order valence-corrected chi connectivity index (χ1v) is 23.9. The van der Waals surface area contributed by atoms with E-state index in [0.717, 1.165) is 112 Å². The third-order valence-electron chi connectivity index (χ3n) is 11.6. The average molecular weight is 885 g/mol. The molecular weight excluding hydrogens is 823 g/mol. The molecular formula is C54H62O7P2. The molecule has 0 saturated carbocycles. The van der Waals surface area contributed by atoms with Gasteiger partial charge in [-0.25, -0.2) is 0 Å². The molecule has 0 aliphatic heterocycles. The number of methoxy groups -OCH3 is 1. The number of hydrogen-bond acceptors (Lipinski definition) is 7. The van der Waals surface area contributed by atoms with Crippen LogP contribution in [0.25, 0.3) is 55.7 Å². The third-order valence-corrected chi connectivity index (χ3v) is 13.6. The fourth-order valence-electron chi connectivity index (χ4n) is 8.32. The molecule has 0 aliphatic rings. The lowest BCUT2D eigenvalue weighted by atomic mass is 9.85. The van der Waals surface area contributed by atoms with Gasteiger partial charge in [-0.05, 0) is 167 Å². The van der Waals surface area contributed by atoms with Gasteiger partial charge in [-0.15, -0.1) is 0 Å². The Balaban J connectivity index is 1.51. The molecule has 0 N–H and O–H groups in total. The minimum atomic E-state index is -2.10. The lowest BCUT2D eigenvalue weighted by Crippen LogP contribution is -2.12. The highest BCUT2D eigenvalue weighted by Gasteiger charge is 2.27. The van der Waals surface area contributed by atoms with Gasteiger partial charge in [0.05, 0.1) is 7.11 Å². The summed E-state index contributed by atoms with van der Waals surface area (Å²) in [5, 5.41) is 2.87. The van der Waals surface area contributed by atoms with Gasteiger partial charge in [0, 0.05) is 38.4 Å². The van der Waals surface area contributed by atoms with Crippen LogP contribution in [-0.2, 0) is 5.41 Å². The molecule has 0 aliphatic carbocycles. The number of rotatable bonds is 10. The zero-order valence-electron chi connectivity index (χ0n) is 39.7. The molecule has 7 nitrogen and oxygen atoms in total. The number of allylic oxidation sites excluding steroid dienone is 2. The molecule has 2 heterocycles. The summed E-state index contributed by atoms with van der Waals surface area (Å²) in [7, 11) is -2.37. The lowest BCUT2D eigenvalue weighted by molar-refractivity contribution is 0.413. The van der Waals surface area contributed by atoms with Crippen molar-refractivity contribution in [3.63, 3.8) is 0 Å². The van der Waals surface area contributed by atoms with E-state index >= 15 is 0 Å². The van der Waals surface area contributed by atoms with E-state index in [4.69, 9.17) is 30.6 Å². The van der Waals surface area contributed by atoms with E-state index in [1.807, 2.05) is 6.07 Å². The van der Waals surface area contributed by atoms with Gasteiger partial charge in [-0.3, -0.25) is 0 Å². The van der Waals surface area contributed by atoms with Gasteiger partial charge in [0.25, 0.3) is 0 Å². The minimum absolute atomic E-state index is 0.309. The van der Waals surface area contributed by atoms with Crippen LogP contribution in [0, 0.1) is 55.4 Å². The Morgan fingerprint density at radius 1 is 0.587 bits per heavy atom. The van der Waals surface area contributed by atoms with E-state index in [2.05, 4.69) is 164 Å². The smallest absolute Gasteiger partial charge is 0.453 e. The van der Waals surface area contributed by atoms with E-state index in [1.54, 1.807) is 7.11 Å². The molecule has 0 radical (unpaired) electrons. The maximum absolute atomic E-state index is 7.16. The van der Waals surface area contributed by atoms with Gasteiger partial charge < -0.3 is 30.6 Å². The van der Waals surface area contributed by atoms with Crippen molar-refractivity contribution in [2.75, 3.05) is 7.11 Å². The number of aryl methyl sites for hydroxylation is 8. The van der Waals surface area contributed by atoms with Crippen LogP contribution < -0.4 is 13.8 Å². The Labute approximate surface area is 375 Å². The predicted octanol–water partition coefficient (Wildman–Crippen LogP) is 18.1. The first-order chi connectivity index (χ1) is 29.8. The monoisotopic (exact) mass is 884 g/mol. The SMILES string of the molecule is C=C(CC)c1op(Oc2c(C)cc(C)cc2-c2cc(C)cc(C)c2Op2oc3c(C)cc(C)cc3c3cc(C)cc(C)c3o2)oc2c(C(C)(C)C)cc(OC)cc2c1C=C(C)CC. The number of hydrogen-bond donors (Lipinski definition) is 0. The van der Waals surface area contributed by atoms with Crippen molar-refractivity contribution in [2.45, 2.75) is 115 Å². The Hall–Kier alpha value is -5.48. The van der Waals surface area contributed by atoms with Crippen molar-refractivity contribution in [1.29, 1.82) is 0 Å². The molecule has 0 saturated heterocycles. The summed E-state index contributed by atoms with van der Waals surface area (Å²) >= 11 is 0. The van der Waals surface area contributed by atoms with Crippen LogP contribution in [0.5, 0.6) is 17.2 Å². The molecule has 1 unspecified atom stereocenters. The Morgan fingerprint density at radius 2 is 1.05 bits per heavy atom. The van der Waals surface area contributed by atoms with E-state index in [0.29, 0.717) is 29.3 Å². The van der Waals surface area contributed by atoms with Gasteiger partial charge in [-0.1, -0.05) is 77.1 Å². The number of benzene rings is 5. The van der Waals surface area contributed by atoms with Gasteiger partial charge in [0.15, 0.2) is 0 Å². The molecule has 2 aromatic heterocycles. The normalized spacial score (nSPS) is 12.3. The van der Waals surface area contributed by atoms with Crippen molar-refractivity contribution < 1.29 is 30.6 Å². The summed E-state index contributed by atoms with van der Waals surface area (Å²) in [6, 6.07) is 21.3. The zero-order chi connectivity index (χ0) is 45.7. The lowest BCUT2D eigenvalue weighted by Gasteiger charge is -2.21. The summed E-state index contributed by atoms with van der Waals surface area (Å²) in [5.41, 5.74) is 15.8. The van der Waals surface area contributed by atoms with E-state index in [9.17, 15) is 0 Å². The predicted molar refractivity (Wildman–Crippen MR) is 265 cm³/mol. The minimum Gasteiger partial charge on any atom is -0.497 e. The Morgan fingerprint density at radius 3 is 1.51 bits per heavy atom. The number of ether oxygens (including phenoxy) is 1. The molecule has 63 heavy (non-hydrogen) atoms. The Kier molecular flexibility index (Phi) is 13.0. The third kappa shape index (κ3) is 9.28. The molecule has 5 aromatic carbocycles. The fourth-order valence-corrected chi connectivity index (χ4v) is 10.8. The van der Waals surface area contributed by atoms with E-state index in [1.165, 1.54) is 5.57 Å². The highest BCUT2D eigenvalue weighted by molar-refractivity contribution is 7.32. The molecule has 1 atom stereocenters. The van der Waals surface area contributed by atoms with Crippen LogP contribution in [0.1, 0.15) is 116 Å². The van der Waals surface area contributed by atoms with Crippen molar-refractivity contribution >= 4 is 61.0 Å². The van der Waals surface area contributed by atoms with Gasteiger partial charge >= 0.3 is 16.5 Å². The largest absolute Gasteiger partial charge is 0.497 e. The molecule has 0 fully saturated rings. The van der Waals surface area contributed by atoms with Crippen molar-refractivity contribution in [3.8, 4) is 28.4 Å². The van der Waals surface area contributed by atoms with Crippen LogP contribution in [-0.4, -0.2) is 7.11 Å². The van der Waals surface area contributed by atoms with Crippen LogP contribution >= 0.6 is 16.5 Å². The molecule has 9 heteroatoms. The van der Waals surface area contributed by atoms with Crippen LogP contribution in [0.15, 0.2) is 89.6 Å². The quantitative estimate of drug-likeness (QED) is 0.135. The van der Waals surface area contributed by atoms with Gasteiger partial charge in [0.1, 0.15) is 39.8 Å². The summed E-state index contributed by atoms with van der Waals surface area (Å²) in [6.07, 6.45) is 3.73. The summed E-state index contributed by atoms with van der Waals surface area (Å²) in [5.74, 6) is 2.65. The molecule has 7 aromatic rings. The standard InChI is InChI=1S/C54H62O7P2/c1-17-30(3)23-41-46-28-40(55-16)29-47(54(13,14)15)53(46)61-63(56-48(41)35(8)18-2)60-52-39(12)22-34(7)27-45(52)44-26-33(6)21-38(11)51(44)59-62-57-49-36(9)19-31(4)24-42(49)43-25-32(5)20-37(10)50(43)58-62/h19-29H,8,17-18H2,1-7,9-16H3. The molecule has 0 amide bonds. The number of fused-ring (bicyclic) bond motifs is 4. The van der Waals surface area contributed by atoms with Crippen LogP contribution in [0.2, 0.25) is 0 Å². The molecule has 0 spiro atoms. The summed E-state index contributed by atoms with van der Waals surface area (Å²) in [6.45, 7) is 34.1. The van der Waals surface area contributed by atoms with Crippen molar-refractivity contribution in [3.05, 3.63) is 134 Å². The highest BCUT2D eigenvalue weighted by atomic mass is 31.1. The summed E-state index contributed by atoms with van der Waals surface area (Å²) in [4.78, 5) is 0. The van der Waals surface area contributed by atoms with E-state index in [-0.39, 0.29) is 5.41 Å². The maximum Gasteiger partial charge on any atom is 0.453 e. The summed E-state index contributed by atoms with van der Waals surface area (Å²) < 4.78 is 47.8. The van der Waals surface area contributed by atoms with Crippen LogP contribution in [0.4, 0.5) is 0 Å². The van der Waals surface area contributed by atoms with Gasteiger partial charge in [0.2, 0.25) is 0 Å². The molecule has 7 rings (SSSR count). The van der Waals surface area contributed by atoms with Crippen molar-refractivity contribution in [1.82, 2.24) is 0 Å². The molecule has 330 valence electrons. The average Bonchev–Trinajstić information content (AvgIpc) is 3.46. The van der Waals surface area contributed by atoms with Gasteiger partial charge in [-0.2, -0.15) is 0 Å². The fraction of sp³-hybridized carbons (Fsp3) is 0.333. The molecule has 0 bridgehead atoms. The maximum atomic E-state index is 7.16. The Bertz CT molecular complexity index is 3000. The van der Waals surface area contributed by atoms with Crippen molar-refractivity contribution in [2.24, 2.45) is 0 Å².